The van der Waals surface area contributed by atoms with Crippen molar-refractivity contribution >= 4 is 5.91 Å². The van der Waals surface area contributed by atoms with E-state index in [4.69, 9.17) is 5.73 Å². The Hall–Kier alpha value is -1.35. The fraction of sp³-hybridized carbons (Fsp3) is 0.588. The van der Waals surface area contributed by atoms with E-state index < -0.39 is 0 Å². The highest BCUT2D eigenvalue weighted by atomic mass is 16.2. The molecule has 1 saturated carbocycles. The molecule has 0 aromatic heterocycles. The van der Waals surface area contributed by atoms with Crippen molar-refractivity contribution in [1.82, 2.24) is 4.90 Å². The number of amides is 1. The van der Waals surface area contributed by atoms with Crippen molar-refractivity contribution in [2.45, 2.75) is 45.1 Å². The Morgan fingerprint density at radius 2 is 1.85 bits per heavy atom. The molecule has 20 heavy (non-hydrogen) atoms. The number of hydrogen-bond donors (Lipinski definition) is 1. The summed E-state index contributed by atoms with van der Waals surface area (Å²) in [6.45, 7) is 2.14. The Kier molecular flexibility index (Phi) is 6.06. The summed E-state index contributed by atoms with van der Waals surface area (Å²) in [5.74, 6) is 0.576. The van der Waals surface area contributed by atoms with Crippen LogP contribution in [0.2, 0.25) is 0 Å². The summed E-state index contributed by atoms with van der Waals surface area (Å²) in [7, 11) is 0. The standard InChI is InChI=1S/C17H26N2O/c18-12-7-13-19(14-15-8-3-1-4-9-15)17(20)16-10-5-2-6-11-16/h1,3-4,8-9,16H,2,5-7,10-14,18H2. The quantitative estimate of drug-likeness (QED) is 0.867. The molecule has 0 heterocycles. The molecule has 3 nitrogen and oxygen atoms in total. The van der Waals surface area contributed by atoms with Crippen LogP contribution < -0.4 is 5.73 Å². The van der Waals surface area contributed by atoms with Crippen LogP contribution in [0.1, 0.15) is 44.1 Å². The van der Waals surface area contributed by atoms with Gasteiger partial charge in [-0.3, -0.25) is 4.79 Å². The van der Waals surface area contributed by atoms with Crippen LogP contribution in [0.3, 0.4) is 0 Å². The van der Waals surface area contributed by atoms with Crippen LogP contribution in [0.4, 0.5) is 0 Å². The third kappa shape index (κ3) is 4.34. The molecule has 2 rings (SSSR count). The summed E-state index contributed by atoms with van der Waals surface area (Å²) in [4.78, 5) is 14.7. The highest BCUT2D eigenvalue weighted by Crippen LogP contribution is 2.26. The number of nitrogens with zero attached hydrogens (tertiary/aromatic N) is 1. The van der Waals surface area contributed by atoms with E-state index in [0.29, 0.717) is 12.5 Å². The number of carbonyl (C=O) groups is 1. The van der Waals surface area contributed by atoms with Gasteiger partial charge in [-0.1, -0.05) is 49.6 Å². The van der Waals surface area contributed by atoms with Crippen molar-refractivity contribution in [3.63, 3.8) is 0 Å². The van der Waals surface area contributed by atoms with Crippen LogP contribution in [-0.2, 0) is 11.3 Å². The van der Waals surface area contributed by atoms with E-state index in [1.54, 1.807) is 0 Å². The molecule has 1 aromatic rings. The van der Waals surface area contributed by atoms with Crippen molar-refractivity contribution in [3.05, 3.63) is 35.9 Å². The second-order valence-corrected chi connectivity index (χ2v) is 5.72. The first-order valence-electron chi connectivity index (χ1n) is 7.84. The lowest BCUT2D eigenvalue weighted by atomic mass is 9.88. The van der Waals surface area contributed by atoms with E-state index >= 15 is 0 Å². The molecule has 0 atom stereocenters. The highest BCUT2D eigenvalue weighted by molar-refractivity contribution is 5.78. The molecule has 3 heteroatoms. The Bertz CT molecular complexity index is 399. The molecule has 0 aliphatic heterocycles. The molecular formula is C17H26N2O. The van der Waals surface area contributed by atoms with Gasteiger partial charge in [-0.15, -0.1) is 0 Å². The zero-order valence-electron chi connectivity index (χ0n) is 12.3. The fourth-order valence-corrected chi connectivity index (χ4v) is 2.96. The van der Waals surface area contributed by atoms with Crippen LogP contribution >= 0.6 is 0 Å². The average molecular weight is 274 g/mol. The van der Waals surface area contributed by atoms with E-state index in [-0.39, 0.29) is 5.92 Å². The van der Waals surface area contributed by atoms with Gasteiger partial charge >= 0.3 is 0 Å². The van der Waals surface area contributed by atoms with Crippen molar-refractivity contribution in [2.75, 3.05) is 13.1 Å². The summed E-state index contributed by atoms with van der Waals surface area (Å²) < 4.78 is 0. The third-order valence-corrected chi connectivity index (χ3v) is 4.11. The fourth-order valence-electron chi connectivity index (χ4n) is 2.96. The average Bonchev–Trinajstić information content (AvgIpc) is 2.52. The molecule has 1 amide bonds. The molecule has 0 radical (unpaired) electrons. The molecule has 110 valence electrons. The number of carbonyl (C=O) groups excluding carboxylic acids is 1. The molecule has 0 unspecified atom stereocenters. The summed E-state index contributed by atoms with van der Waals surface area (Å²) in [5.41, 5.74) is 6.81. The smallest absolute Gasteiger partial charge is 0.225 e. The van der Waals surface area contributed by atoms with E-state index in [9.17, 15) is 4.79 Å². The van der Waals surface area contributed by atoms with Gasteiger partial charge in [0.05, 0.1) is 0 Å². The van der Waals surface area contributed by atoms with Crippen LogP contribution in [0.5, 0.6) is 0 Å². The Labute approximate surface area is 122 Å². The van der Waals surface area contributed by atoms with Gasteiger partial charge in [0.25, 0.3) is 0 Å². The maximum atomic E-state index is 12.7. The van der Waals surface area contributed by atoms with Crippen molar-refractivity contribution in [1.29, 1.82) is 0 Å². The predicted octanol–water partition coefficient (Wildman–Crippen LogP) is 2.94. The maximum Gasteiger partial charge on any atom is 0.225 e. The second-order valence-electron chi connectivity index (χ2n) is 5.72. The minimum absolute atomic E-state index is 0.241. The summed E-state index contributed by atoms with van der Waals surface area (Å²) in [5, 5.41) is 0. The first-order chi connectivity index (χ1) is 9.81. The van der Waals surface area contributed by atoms with E-state index in [1.165, 1.54) is 24.8 Å². The van der Waals surface area contributed by atoms with Crippen LogP contribution in [0.15, 0.2) is 30.3 Å². The van der Waals surface area contributed by atoms with Crippen molar-refractivity contribution < 1.29 is 4.79 Å². The van der Waals surface area contributed by atoms with Gasteiger partial charge in [-0.05, 0) is 31.4 Å². The van der Waals surface area contributed by atoms with Gasteiger partial charge in [0.2, 0.25) is 5.91 Å². The van der Waals surface area contributed by atoms with Gasteiger partial charge in [-0.25, -0.2) is 0 Å². The molecule has 0 bridgehead atoms. The van der Waals surface area contributed by atoms with Gasteiger partial charge in [0.1, 0.15) is 0 Å². The molecule has 2 N–H and O–H groups in total. The van der Waals surface area contributed by atoms with E-state index in [2.05, 4.69) is 12.1 Å². The normalized spacial score (nSPS) is 16.1. The van der Waals surface area contributed by atoms with Gasteiger partial charge in [-0.2, -0.15) is 0 Å². The predicted molar refractivity (Wildman–Crippen MR) is 82.1 cm³/mol. The Balaban J connectivity index is 2.00. The van der Waals surface area contributed by atoms with Gasteiger partial charge in [0, 0.05) is 19.0 Å². The van der Waals surface area contributed by atoms with E-state index in [0.717, 1.165) is 32.4 Å². The number of nitrogens with two attached hydrogens (primary N) is 1. The number of rotatable bonds is 6. The lowest BCUT2D eigenvalue weighted by Gasteiger charge is -2.29. The minimum Gasteiger partial charge on any atom is -0.338 e. The number of hydrogen-bond acceptors (Lipinski definition) is 2. The molecule has 0 spiro atoms. The van der Waals surface area contributed by atoms with Gasteiger partial charge < -0.3 is 10.6 Å². The molecular weight excluding hydrogens is 248 g/mol. The van der Waals surface area contributed by atoms with Crippen molar-refractivity contribution in [2.24, 2.45) is 11.7 Å². The summed E-state index contributed by atoms with van der Waals surface area (Å²) in [6, 6.07) is 10.2. The van der Waals surface area contributed by atoms with Crippen LogP contribution in [0.25, 0.3) is 0 Å². The Morgan fingerprint density at radius 1 is 1.15 bits per heavy atom. The lowest BCUT2D eigenvalue weighted by molar-refractivity contribution is -0.137. The maximum absolute atomic E-state index is 12.7. The van der Waals surface area contributed by atoms with Crippen LogP contribution in [0, 0.1) is 5.92 Å². The molecule has 1 aliphatic rings. The monoisotopic (exact) mass is 274 g/mol. The first kappa shape index (κ1) is 15.0. The number of benzene rings is 1. The zero-order chi connectivity index (χ0) is 14.2. The summed E-state index contributed by atoms with van der Waals surface area (Å²) >= 11 is 0. The first-order valence-corrected chi connectivity index (χ1v) is 7.84. The lowest BCUT2D eigenvalue weighted by Crippen LogP contribution is -2.37. The SMILES string of the molecule is NCCCN(Cc1ccccc1)C(=O)C1CCCCC1. The second kappa shape index (κ2) is 8.05. The highest BCUT2D eigenvalue weighted by Gasteiger charge is 2.25. The van der Waals surface area contributed by atoms with Gasteiger partial charge in [0.15, 0.2) is 0 Å². The molecule has 1 fully saturated rings. The molecule has 0 saturated heterocycles. The van der Waals surface area contributed by atoms with Crippen LogP contribution in [-0.4, -0.2) is 23.9 Å². The molecule has 1 aromatic carbocycles. The minimum atomic E-state index is 0.241. The Morgan fingerprint density at radius 3 is 2.50 bits per heavy atom. The third-order valence-electron chi connectivity index (χ3n) is 4.11. The summed E-state index contributed by atoms with van der Waals surface area (Å²) in [6.07, 6.45) is 6.69. The largest absolute Gasteiger partial charge is 0.338 e. The topological polar surface area (TPSA) is 46.3 Å². The van der Waals surface area contributed by atoms with Crippen molar-refractivity contribution in [3.8, 4) is 0 Å². The molecule has 1 aliphatic carbocycles. The zero-order valence-corrected chi connectivity index (χ0v) is 12.3. The van der Waals surface area contributed by atoms with E-state index in [1.807, 2.05) is 23.1 Å².